The molecule has 1 saturated carbocycles. The van der Waals surface area contributed by atoms with Gasteiger partial charge in [-0.25, -0.2) is 4.39 Å². The summed E-state index contributed by atoms with van der Waals surface area (Å²) < 4.78 is 26.2. The van der Waals surface area contributed by atoms with Gasteiger partial charge in [-0.3, -0.25) is 4.79 Å². The van der Waals surface area contributed by atoms with Gasteiger partial charge in [0, 0.05) is 5.56 Å². The first kappa shape index (κ1) is 25.3. The second-order valence-corrected chi connectivity index (χ2v) is 9.90. The number of hydrogen-bond acceptors (Lipinski definition) is 3. The third kappa shape index (κ3) is 5.71. The van der Waals surface area contributed by atoms with Gasteiger partial charge in [-0.1, -0.05) is 36.3 Å². The zero-order valence-electron chi connectivity index (χ0n) is 20.9. The summed E-state index contributed by atoms with van der Waals surface area (Å²) in [4.78, 5) is 11.4. The average Bonchev–Trinajstić information content (AvgIpc) is 3.72. The Balaban J connectivity index is 1.61. The van der Waals surface area contributed by atoms with Gasteiger partial charge >= 0.3 is 5.97 Å². The van der Waals surface area contributed by atoms with Crippen LogP contribution in [-0.2, 0) is 16.8 Å². The molecule has 4 nitrogen and oxygen atoms in total. The van der Waals surface area contributed by atoms with E-state index in [9.17, 15) is 14.3 Å². The van der Waals surface area contributed by atoms with E-state index < -0.39 is 11.4 Å². The van der Waals surface area contributed by atoms with Crippen molar-refractivity contribution in [3.05, 3.63) is 83.2 Å². The van der Waals surface area contributed by atoms with E-state index in [1.165, 1.54) is 6.07 Å². The highest BCUT2D eigenvalue weighted by molar-refractivity contribution is 5.72. The van der Waals surface area contributed by atoms with E-state index in [1.807, 2.05) is 56.3 Å². The summed E-state index contributed by atoms with van der Waals surface area (Å²) in [6.45, 7) is 4.15. The maximum absolute atomic E-state index is 14.8. The highest BCUT2D eigenvalue weighted by Crippen LogP contribution is 2.45. The van der Waals surface area contributed by atoms with Crippen molar-refractivity contribution < 1.29 is 23.8 Å². The maximum atomic E-state index is 14.8. The number of hydrogen-bond donors (Lipinski definition) is 1. The van der Waals surface area contributed by atoms with Crippen molar-refractivity contribution >= 4 is 5.97 Å². The van der Waals surface area contributed by atoms with Crippen molar-refractivity contribution in [2.75, 3.05) is 7.11 Å². The lowest BCUT2D eigenvalue weighted by Gasteiger charge is -2.24. The van der Waals surface area contributed by atoms with Gasteiger partial charge < -0.3 is 14.6 Å². The first-order chi connectivity index (χ1) is 17.2. The number of methoxy groups -OCH3 is 1. The molecule has 3 aromatic rings. The fourth-order valence-electron chi connectivity index (χ4n) is 4.59. The number of carboxylic acids is 1. The van der Waals surface area contributed by atoms with Crippen LogP contribution in [0.5, 0.6) is 11.5 Å². The van der Waals surface area contributed by atoms with E-state index in [-0.39, 0.29) is 18.2 Å². The monoisotopic (exact) mass is 486 g/mol. The largest absolute Gasteiger partial charge is 0.497 e. The van der Waals surface area contributed by atoms with Crippen molar-refractivity contribution in [2.45, 2.75) is 51.0 Å². The number of carboxylic acid groups (broad SMARTS) is 1. The fourth-order valence-corrected chi connectivity index (χ4v) is 4.59. The Kier molecular flexibility index (Phi) is 7.35. The Labute approximate surface area is 212 Å². The SMILES string of the molecule is C#CC(C)(C)c1cc(COc2cccc(C(CC(=O)O)C3CC3)c2)ccc1-c1cc(OC)ccc1F. The van der Waals surface area contributed by atoms with Crippen molar-refractivity contribution in [3.63, 3.8) is 0 Å². The van der Waals surface area contributed by atoms with Crippen molar-refractivity contribution in [1.82, 2.24) is 0 Å². The third-order valence-electron chi connectivity index (χ3n) is 6.86. The molecule has 1 unspecified atom stereocenters. The zero-order valence-corrected chi connectivity index (χ0v) is 20.9. The fraction of sp³-hybridized carbons (Fsp3) is 0.323. The third-order valence-corrected chi connectivity index (χ3v) is 6.86. The van der Waals surface area contributed by atoms with Gasteiger partial charge in [-0.15, -0.1) is 6.42 Å². The second kappa shape index (κ2) is 10.5. The lowest BCUT2D eigenvalue weighted by molar-refractivity contribution is -0.137. The Bertz CT molecular complexity index is 1300. The molecule has 1 N–H and O–H groups in total. The average molecular weight is 487 g/mol. The molecule has 186 valence electrons. The van der Waals surface area contributed by atoms with Crippen LogP contribution in [0.2, 0.25) is 0 Å². The molecule has 5 heteroatoms. The van der Waals surface area contributed by atoms with Gasteiger partial charge in [-0.2, -0.15) is 0 Å². The summed E-state index contributed by atoms with van der Waals surface area (Å²) in [5, 5.41) is 9.33. The molecule has 0 bridgehead atoms. The molecule has 0 aromatic heterocycles. The zero-order chi connectivity index (χ0) is 25.9. The quantitative estimate of drug-likeness (QED) is 0.315. The van der Waals surface area contributed by atoms with Crippen molar-refractivity contribution in [3.8, 4) is 35.0 Å². The summed E-state index contributed by atoms with van der Waals surface area (Å²) in [6.07, 6.45) is 8.12. The first-order valence-corrected chi connectivity index (χ1v) is 12.1. The van der Waals surface area contributed by atoms with Crippen molar-refractivity contribution in [1.29, 1.82) is 0 Å². The minimum absolute atomic E-state index is 0.00567. The number of ether oxygens (including phenoxy) is 2. The number of halogens is 1. The van der Waals surface area contributed by atoms with Crippen molar-refractivity contribution in [2.24, 2.45) is 5.92 Å². The standard InChI is InChI=1S/C31H31FO4/c1-5-31(2,3)28-15-20(9-13-25(28)27-17-23(35-4)12-14-29(27)32)19-36-24-8-6-7-22(16-24)26(18-30(33)34)21-10-11-21/h1,6-9,12-17,21,26H,10-11,18-19H2,2-4H3,(H,33,34). The van der Waals surface area contributed by atoms with Gasteiger partial charge in [0.2, 0.25) is 0 Å². The molecule has 1 aliphatic carbocycles. The number of carbonyl (C=O) groups is 1. The molecule has 0 spiro atoms. The summed E-state index contributed by atoms with van der Waals surface area (Å²) in [6, 6.07) is 18.1. The topological polar surface area (TPSA) is 55.8 Å². The van der Waals surface area contributed by atoms with Crippen LogP contribution >= 0.6 is 0 Å². The van der Waals surface area contributed by atoms with Crippen LogP contribution in [0, 0.1) is 24.1 Å². The summed E-state index contributed by atoms with van der Waals surface area (Å²) in [7, 11) is 1.55. The van der Waals surface area contributed by atoms with Crippen LogP contribution in [0.3, 0.4) is 0 Å². The van der Waals surface area contributed by atoms with Gasteiger partial charge in [0.05, 0.1) is 18.9 Å². The molecular weight excluding hydrogens is 455 g/mol. The van der Waals surface area contributed by atoms with E-state index in [0.717, 1.165) is 29.5 Å². The number of benzene rings is 3. The van der Waals surface area contributed by atoms with Crippen LogP contribution in [0.1, 0.15) is 55.7 Å². The summed E-state index contributed by atoms with van der Waals surface area (Å²) in [5.74, 6) is 3.37. The van der Waals surface area contributed by atoms with E-state index in [1.54, 1.807) is 19.2 Å². The Morgan fingerprint density at radius 2 is 1.89 bits per heavy atom. The Hall–Kier alpha value is -3.78. The van der Waals surface area contributed by atoms with Crippen LogP contribution < -0.4 is 9.47 Å². The lowest BCUT2D eigenvalue weighted by atomic mass is 9.80. The van der Waals surface area contributed by atoms with Gasteiger partial charge in [0.1, 0.15) is 23.9 Å². The van der Waals surface area contributed by atoms with Crippen LogP contribution in [0.15, 0.2) is 60.7 Å². The smallest absolute Gasteiger partial charge is 0.303 e. The molecule has 1 aliphatic rings. The van der Waals surface area contributed by atoms with Gasteiger partial charge in [0.25, 0.3) is 0 Å². The van der Waals surface area contributed by atoms with Crippen LogP contribution in [0.4, 0.5) is 4.39 Å². The minimum atomic E-state index is -0.783. The number of rotatable bonds is 10. The Morgan fingerprint density at radius 3 is 2.56 bits per heavy atom. The number of terminal acetylenes is 1. The maximum Gasteiger partial charge on any atom is 0.303 e. The van der Waals surface area contributed by atoms with E-state index in [4.69, 9.17) is 15.9 Å². The molecule has 0 saturated heterocycles. The van der Waals surface area contributed by atoms with Crippen LogP contribution in [-0.4, -0.2) is 18.2 Å². The van der Waals surface area contributed by atoms with Gasteiger partial charge in [-0.05, 0) is 91.1 Å². The van der Waals surface area contributed by atoms with E-state index >= 15 is 0 Å². The lowest BCUT2D eigenvalue weighted by Crippen LogP contribution is -2.16. The molecule has 0 heterocycles. The molecule has 1 atom stereocenters. The molecule has 1 fully saturated rings. The summed E-state index contributed by atoms with van der Waals surface area (Å²) in [5.41, 5.74) is 3.21. The molecule has 3 aromatic carbocycles. The Morgan fingerprint density at radius 1 is 1.11 bits per heavy atom. The predicted molar refractivity (Wildman–Crippen MR) is 139 cm³/mol. The molecule has 0 amide bonds. The van der Waals surface area contributed by atoms with E-state index in [2.05, 4.69) is 5.92 Å². The molecule has 0 radical (unpaired) electrons. The highest BCUT2D eigenvalue weighted by Gasteiger charge is 2.34. The molecule has 0 aliphatic heterocycles. The first-order valence-electron chi connectivity index (χ1n) is 12.1. The molecular formula is C31H31FO4. The summed E-state index contributed by atoms with van der Waals surface area (Å²) >= 11 is 0. The second-order valence-electron chi connectivity index (χ2n) is 9.90. The molecule has 4 rings (SSSR count). The van der Waals surface area contributed by atoms with Crippen LogP contribution in [0.25, 0.3) is 11.1 Å². The molecule has 36 heavy (non-hydrogen) atoms. The normalized spacial score (nSPS) is 14.1. The van der Waals surface area contributed by atoms with E-state index in [0.29, 0.717) is 35.2 Å². The van der Waals surface area contributed by atoms with Gasteiger partial charge in [0.15, 0.2) is 0 Å². The predicted octanol–water partition coefficient (Wildman–Crippen LogP) is 6.96. The minimum Gasteiger partial charge on any atom is -0.497 e. The highest BCUT2D eigenvalue weighted by atomic mass is 19.1. The number of aliphatic carboxylic acids is 1.